The highest BCUT2D eigenvalue weighted by Gasteiger charge is 2.34. The molecular formula is C28H33N3O4. The number of likely N-dealkylation sites (tertiary alicyclic amines) is 1. The average molecular weight is 476 g/mol. The van der Waals surface area contributed by atoms with Crippen molar-refractivity contribution in [2.45, 2.75) is 56.9 Å². The van der Waals surface area contributed by atoms with Crippen LogP contribution in [0.2, 0.25) is 0 Å². The number of methoxy groups -OCH3 is 1. The summed E-state index contributed by atoms with van der Waals surface area (Å²) in [6.07, 6.45) is 7.93. The number of ether oxygens (including phenoxy) is 1. The van der Waals surface area contributed by atoms with Gasteiger partial charge in [0.1, 0.15) is 5.75 Å². The number of carboxylic acids is 1. The van der Waals surface area contributed by atoms with Crippen molar-refractivity contribution in [3.63, 3.8) is 0 Å². The van der Waals surface area contributed by atoms with E-state index >= 15 is 0 Å². The first-order valence-corrected chi connectivity index (χ1v) is 12.6. The Morgan fingerprint density at radius 3 is 2.46 bits per heavy atom. The molecule has 0 atom stereocenters. The number of carbonyl (C=O) groups is 1. The minimum absolute atomic E-state index is 0.150. The number of hydrogen-bond acceptors (Lipinski definition) is 6. The van der Waals surface area contributed by atoms with Gasteiger partial charge in [-0.2, -0.15) is 4.98 Å². The van der Waals surface area contributed by atoms with E-state index in [1.165, 1.54) is 37.7 Å². The summed E-state index contributed by atoms with van der Waals surface area (Å²) in [4.78, 5) is 17.8. The van der Waals surface area contributed by atoms with E-state index in [0.717, 1.165) is 36.3 Å². The molecule has 2 aromatic carbocycles. The van der Waals surface area contributed by atoms with Gasteiger partial charge in [0, 0.05) is 31.6 Å². The summed E-state index contributed by atoms with van der Waals surface area (Å²) in [6, 6.07) is 16.7. The van der Waals surface area contributed by atoms with Crippen molar-refractivity contribution >= 4 is 5.97 Å². The molecule has 7 nitrogen and oxygen atoms in total. The molecular weight excluding hydrogens is 442 g/mol. The molecule has 1 saturated carbocycles. The zero-order chi connectivity index (χ0) is 24.3. The van der Waals surface area contributed by atoms with Gasteiger partial charge in [0.05, 0.1) is 13.0 Å². The molecule has 1 saturated heterocycles. The molecule has 2 aliphatic rings. The molecule has 1 aliphatic heterocycles. The molecule has 1 aliphatic carbocycles. The zero-order valence-electron chi connectivity index (χ0n) is 20.3. The van der Waals surface area contributed by atoms with Crippen LogP contribution in [-0.4, -0.2) is 46.3 Å². The molecule has 3 aromatic rings. The normalized spacial score (nSPS) is 18.2. The molecule has 2 heterocycles. The maximum atomic E-state index is 11.0. The monoisotopic (exact) mass is 475 g/mol. The number of hydrogen-bond donors (Lipinski definition) is 1. The van der Waals surface area contributed by atoms with E-state index in [2.05, 4.69) is 46.5 Å². The number of aliphatic carboxylic acids is 1. The maximum absolute atomic E-state index is 11.0. The van der Waals surface area contributed by atoms with Crippen molar-refractivity contribution in [1.82, 2.24) is 15.0 Å². The minimum Gasteiger partial charge on any atom is -0.497 e. The highest BCUT2D eigenvalue weighted by atomic mass is 16.5. The summed E-state index contributed by atoms with van der Waals surface area (Å²) in [5, 5.41) is 13.3. The number of aryl methyl sites for hydroxylation is 1. The van der Waals surface area contributed by atoms with Crippen LogP contribution in [0.3, 0.4) is 0 Å². The van der Waals surface area contributed by atoms with Crippen molar-refractivity contribution < 1.29 is 19.2 Å². The lowest BCUT2D eigenvalue weighted by molar-refractivity contribution is -0.147. The topological polar surface area (TPSA) is 88.7 Å². The molecule has 0 spiro atoms. The van der Waals surface area contributed by atoms with Crippen LogP contribution in [0.1, 0.15) is 55.5 Å². The Kier molecular flexibility index (Phi) is 6.86. The van der Waals surface area contributed by atoms with Gasteiger partial charge in [-0.05, 0) is 47.9 Å². The van der Waals surface area contributed by atoms with Crippen LogP contribution in [0, 0.1) is 5.92 Å². The molecule has 0 unspecified atom stereocenters. The summed E-state index contributed by atoms with van der Waals surface area (Å²) < 4.78 is 11.0. The molecule has 0 radical (unpaired) electrons. The third-order valence-electron chi connectivity index (χ3n) is 7.72. The van der Waals surface area contributed by atoms with E-state index in [1.807, 2.05) is 12.1 Å². The van der Waals surface area contributed by atoms with Crippen molar-refractivity contribution in [2.24, 2.45) is 5.92 Å². The molecule has 2 fully saturated rings. The molecule has 35 heavy (non-hydrogen) atoms. The fourth-order valence-corrected chi connectivity index (χ4v) is 5.55. The third-order valence-corrected chi connectivity index (χ3v) is 7.72. The molecule has 5 rings (SSSR count). The third kappa shape index (κ3) is 5.25. The van der Waals surface area contributed by atoms with Crippen molar-refractivity contribution in [3.05, 3.63) is 65.5 Å². The Bertz CT molecular complexity index is 1130. The van der Waals surface area contributed by atoms with E-state index < -0.39 is 5.97 Å². The highest BCUT2D eigenvalue weighted by Crippen LogP contribution is 2.43. The Morgan fingerprint density at radius 1 is 1.09 bits per heavy atom. The Morgan fingerprint density at radius 2 is 1.80 bits per heavy atom. The van der Waals surface area contributed by atoms with E-state index in [-0.39, 0.29) is 11.3 Å². The van der Waals surface area contributed by atoms with Crippen LogP contribution in [0.4, 0.5) is 0 Å². The summed E-state index contributed by atoms with van der Waals surface area (Å²) >= 11 is 0. The predicted octanol–water partition coefficient (Wildman–Crippen LogP) is 5.10. The van der Waals surface area contributed by atoms with Crippen molar-refractivity contribution in [3.8, 4) is 17.1 Å². The van der Waals surface area contributed by atoms with Gasteiger partial charge >= 0.3 is 5.97 Å². The minimum atomic E-state index is -0.706. The lowest BCUT2D eigenvalue weighted by Crippen LogP contribution is -2.49. The van der Waals surface area contributed by atoms with Gasteiger partial charge in [0.15, 0.2) is 0 Å². The first kappa shape index (κ1) is 23.5. The Labute approximate surface area is 206 Å². The number of aromatic nitrogens is 2. The second-order valence-corrected chi connectivity index (χ2v) is 10.0. The Balaban J connectivity index is 1.21. The van der Waals surface area contributed by atoms with Crippen LogP contribution in [0.25, 0.3) is 11.4 Å². The van der Waals surface area contributed by atoms with Crippen LogP contribution in [-0.2, 0) is 23.2 Å². The van der Waals surface area contributed by atoms with Gasteiger partial charge in [0.2, 0.25) is 11.7 Å². The summed E-state index contributed by atoms with van der Waals surface area (Å²) in [5.74, 6) is 1.25. The van der Waals surface area contributed by atoms with E-state index in [0.29, 0.717) is 24.8 Å². The molecule has 7 heteroatoms. The van der Waals surface area contributed by atoms with Gasteiger partial charge in [-0.3, -0.25) is 9.69 Å². The summed E-state index contributed by atoms with van der Waals surface area (Å²) in [6.45, 7) is 1.99. The molecule has 1 aromatic heterocycles. The van der Waals surface area contributed by atoms with Crippen molar-refractivity contribution in [1.29, 1.82) is 0 Å². The fourth-order valence-electron chi connectivity index (χ4n) is 5.55. The maximum Gasteiger partial charge on any atom is 0.309 e. The van der Waals surface area contributed by atoms with Crippen molar-refractivity contribution in [2.75, 3.05) is 20.2 Å². The number of nitrogens with zero attached hydrogens (tertiary/aromatic N) is 3. The molecule has 0 bridgehead atoms. The zero-order valence-corrected chi connectivity index (χ0v) is 20.3. The SMILES string of the molecule is COc1ccc(C2(CCc3nc(-c4ccc(CN5CC(C(=O)O)C5)cc4)no3)CCCCC2)cc1. The number of rotatable bonds is 9. The van der Waals surface area contributed by atoms with Gasteiger partial charge in [-0.25, -0.2) is 0 Å². The predicted molar refractivity (Wildman–Crippen MR) is 132 cm³/mol. The first-order valence-electron chi connectivity index (χ1n) is 12.6. The lowest BCUT2D eigenvalue weighted by Gasteiger charge is -2.38. The summed E-state index contributed by atoms with van der Waals surface area (Å²) in [5.41, 5.74) is 3.61. The van der Waals surface area contributed by atoms with E-state index in [9.17, 15) is 4.79 Å². The largest absolute Gasteiger partial charge is 0.497 e. The van der Waals surface area contributed by atoms with Crippen LogP contribution < -0.4 is 4.74 Å². The van der Waals surface area contributed by atoms with Crippen LogP contribution in [0.5, 0.6) is 5.75 Å². The van der Waals surface area contributed by atoms with Gasteiger partial charge in [0.25, 0.3) is 0 Å². The Hall–Kier alpha value is -3.19. The highest BCUT2D eigenvalue weighted by molar-refractivity contribution is 5.71. The molecule has 0 amide bonds. The number of benzene rings is 2. The van der Waals surface area contributed by atoms with Crippen LogP contribution >= 0.6 is 0 Å². The molecule has 184 valence electrons. The second kappa shape index (κ2) is 10.2. The number of carboxylic acid groups (broad SMARTS) is 1. The first-order chi connectivity index (χ1) is 17.0. The average Bonchev–Trinajstić information content (AvgIpc) is 3.35. The van der Waals surface area contributed by atoms with Gasteiger partial charge < -0.3 is 14.4 Å². The van der Waals surface area contributed by atoms with E-state index in [4.69, 9.17) is 19.4 Å². The van der Waals surface area contributed by atoms with Crippen LogP contribution in [0.15, 0.2) is 53.1 Å². The standard InChI is InChI=1S/C28H33N3O4/c1-34-24-11-9-23(10-12-24)28(14-3-2-4-15-28)16-13-25-29-26(30-35-25)21-7-5-20(6-8-21)17-31-18-22(19-31)27(32)33/h5-12,22H,2-4,13-19H2,1H3,(H,32,33). The second-order valence-electron chi connectivity index (χ2n) is 10.0. The molecule has 1 N–H and O–H groups in total. The van der Waals surface area contributed by atoms with E-state index in [1.54, 1.807) is 7.11 Å². The smallest absolute Gasteiger partial charge is 0.309 e. The van der Waals surface area contributed by atoms with Gasteiger partial charge in [-0.15, -0.1) is 0 Å². The summed E-state index contributed by atoms with van der Waals surface area (Å²) in [7, 11) is 1.70. The lowest BCUT2D eigenvalue weighted by atomic mass is 9.67. The quantitative estimate of drug-likeness (QED) is 0.461. The fraction of sp³-hybridized carbons (Fsp3) is 0.464. The van der Waals surface area contributed by atoms with Gasteiger partial charge in [-0.1, -0.05) is 60.8 Å².